The molecule has 6 nitrogen and oxygen atoms in total. The highest BCUT2D eigenvalue weighted by Crippen LogP contribution is 2.24. The van der Waals surface area contributed by atoms with Crippen molar-refractivity contribution in [3.8, 4) is 0 Å². The van der Waals surface area contributed by atoms with Crippen LogP contribution in [0.25, 0.3) is 0 Å². The van der Waals surface area contributed by atoms with Crippen LogP contribution in [0.4, 0.5) is 0 Å². The van der Waals surface area contributed by atoms with E-state index in [1.54, 1.807) is 6.92 Å². The quantitative estimate of drug-likeness (QED) is 0.840. The lowest BCUT2D eigenvalue weighted by atomic mass is 10.1. The zero-order valence-corrected chi connectivity index (χ0v) is 11.0. The van der Waals surface area contributed by atoms with Gasteiger partial charge < -0.3 is 4.74 Å². The largest absolute Gasteiger partial charge is 0.373 e. The van der Waals surface area contributed by atoms with E-state index < -0.39 is 15.6 Å². The third-order valence-corrected chi connectivity index (χ3v) is 4.75. The highest BCUT2D eigenvalue weighted by Gasteiger charge is 2.35. The summed E-state index contributed by atoms with van der Waals surface area (Å²) in [7, 11) is -3.46. The fraction of sp³-hybridized carbons (Fsp3) is 0.700. The lowest BCUT2D eigenvalue weighted by molar-refractivity contribution is -0.0640. The Labute approximate surface area is 101 Å². The van der Waals surface area contributed by atoms with Crippen molar-refractivity contribution >= 4 is 10.0 Å². The van der Waals surface area contributed by atoms with Crippen molar-refractivity contribution in [2.45, 2.75) is 31.3 Å². The molecule has 2 rings (SSSR count). The Kier molecular flexibility index (Phi) is 3.01. The van der Waals surface area contributed by atoms with Crippen LogP contribution in [0.2, 0.25) is 0 Å². The number of hydrogen-bond donors (Lipinski definition) is 1. The maximum Gasteiger partial charge on any atom is 0.246 e. The molecule has 17 heavy (non-hydrogen) atoms. The molecule has 2 heterocycles. The van der Waals surface area contributed by atoms with Gasteiger partial charge in [0.2, 0.25) is 10.0 Å². The summed E-state index contributed by atoms with van der Waals surface area (Å²) in [5.41, 5.74) is 0.123. The molecule has 0 amide bonds. The van der Waals surface area contributed by atoms with Crippen molar-refractivity contribution in [3.05, 3.63) is 11.9 Å². The van der Waals surface area contributed by atoms with Crippen LogP contribution in [0.1, 0.15) is 19.5 Å². The van der Waals surface area contributed by atoms with Crippen LogP contribution < -0.4 is 0 Å². The highest BCUT2D eigenvalue weighted by molar-refractivity contribution is 7.89. The number of nitrogens with zero attached hydrogens (tertiary/aromatic N) is 2. The van der Waals surface area contributed by atoms with Crippen molar-refractivity contribution in [1.29, 1.82) is 0 Å². The van der Waals surface area contributed by atoms with Crippen molar-refractivity contribution in [1.82, 2.24) is 14.5 Å². The Morgan fingerprint density at radius 2 is 2.24 bits per heavy atom. The fourth-order valence-electron chi connectivity index (χ4n) is 1.92. The first-order chi connectivity index (χ1) is 7.83. The Morgan fingerprint density at radius 3 is 2.76 bits per heavy atom. The van der Waals surface area contributed by atoms with Crippen LogP contribution in [-0.2, 0) is 14.8 Å². The van der Waals surface area contributed by atoms with Gasteiger partial charge in [0, 0.05) is 13.1 Å². The molecule has 1 N–H and O–H groups in total. The summed E-state index contributed by atoms with van der Waals surface area (Å²) in [5.74, 6) is 0. The number of aromatic nitrogens is 2. The Balaban J connectivity index is 2.31. The van der Waals surface area contributed by atoms with E-state index in [0.29, 0.717) is 25.4 Å². The molecule has 0 aliphatic carbocycles. The Morgan fingerprint density at radius 1 is 1.53 bits per heavy atom. The molecule has 1 aliphatic rings. The second kappa shape index (κ2) is 4.08. The zero-order chi connectivity index (χ0) is 12.7. The van der Waals surface area contributed by atoms with Gasteiger partial charge in [-0.15, -0.1) is 0 Å². The van der Waals surface area contributed by atoms with Crippen molar-refractivity contribution in [2.24, 2.45) is 0 Å². The molecule has 1 fully saturated rings. The van der Waals surface area contributed by atoms with Gasteiger partial charge >= 0.3 is 0 Å². The summed E-state index contributed by atoms with van der Waals surface area (Å²) in [6, 6.07) is 0. The summed E-state index contributed by atoms with van der Waals surface area (Å²) in [5, 5.41) is 6.40. The first-order valence-corrected chi connectivity index (χ1v) is 6.91. The summed E-state index contributed by atoms with van der Waals surface area (Å²) in [6.07, 6.45) is 1.35. The summed E-state index contributed by atoms with van der Waals surface area (Å²) >= 11 is 0. The predicted molar refractivity (Wildman–Crippen MR) is 62.1 cm³/mol. The number of hydrogen-bond acceptors (Lipinski definition) is 4. The van der Waals surface area contributed by atoms with E-state index in [-0.39, 0.29) is 4.90 Å². The average Bonchev–Trinajstić information content (AvgIpc) is 2.63. The normalized spacial score (nSPS) is 21.6. The van der Waals surface area contributed by atoms with Crippen LogP contribution in [0.5, 0.6) is 0 Å². The highest BCUT2D eigenvalue weighted by atomic mass is 32.2. The van der Waals surface area contributed by atoms with E-state index in [2.05, 4.69) is 10.2 Å². The monoisotopic (exact) mass is 259 g/mol. The summed E-state index contributed by atoms with van der Waals surface area (Å²) in [4.78, 5) is 0.246. The van der Waals surface area contributed by atoms with Crippen LogP contribution in [0.15, 0.2) is 11.1 Å². The van der Waals surface area contributed by atoms with E-state index in [0.717, 1.165) is 0 Å². The molecular formula is C10H17N3O3S. The first kappa shape index (κ1) is 12.5. The lowest BCUT2D eigenvalue weighted by Crippen LogP contribution is -2.50. The minimum Gasteiger partial charge on any atom is -0.373 e. The molecule has 0 saturated carbocycles. The second-order valence-electron chi connectivity index (χ2n) is 4.81. The average molecular weight is 259 g/mol. The number of H-pyrrole nitrogens is 1. The minimum atomic E-state index is -3.46. The van der Waals surface area contributed by atoms with Gasteiger partial charge in [-0.2, -0.15) is 9.40 Å². The first-order valence-electron chi connectivity index (χ1n) is 5.47. The van der Waals surface area contributed by atoms with Crippen LogP contribution in [0.3, 0.4) is 0 Å². The Bertz CT molecular complexity index is 507. The van der Waals surface area contributed by atoms with E-state index in [1.807, 2.05) is 13.8 Å². The van der Waals surface area contributed by atoms with E-state index in [4.69, 9.17) is 4.74 Å². The predicted octanol–water partition coefficient (Wildman–Crippen LogP) is 0.518. The molecule has 1 aliphatic heterocycles. The maximum atomic E-state index is 12.4. The number of aromatic amines is 1. The molecule has 0 aromatic carbocycles. The number of morpholine rings is 1. The van der Waals surface area contributed by atoms with Crippen molar-refractivity contribution < 1.29 is 13.2 Å². The van der Waals surface area contributed by atoms with Gasteiger partial charge in [0.25, 0.3) is 0 Å². The van der Waals surface area contributed by atoms with Gasteiger partial charge in [-0.1, -0.05) is 0 Å². The standard InChI is InChI=1S/C10H17N3O3S/c1-8-9(6-11-12-8)17(14,15)13-4-5-16-10(2,3)7-13/h6H,4-5,7H2,1-3H3,(H,11,12). The Hall–Kier alpha value is -0.920. The van der Waals surface area contributed by atoms with Crippen molar-refractivity contribution in [3.63, 3.8) is 0 Å². The number of ether oxygens (including phenoxy) is 1. The maximum absolute atomic E-state index is 12.4. The fourth-order valence-corrected chi connectivity index (χ4v) is 3.61. The van der Waals surface area contributed by atoms with Gasteiger partial charge in [0.15, 0.2) is 0 Å². The van der Waals surface area contributed by atoms with Gasteiger partial charge in [-0.05, 0) is 20.8 Å². The number of sulfonamides is 1. The molecule has 0 radical (unpaired) electrons. The van der Waals surface area contributed by atoms with Gasteiger partial charge in [-0.3, -0.25) is 5.10 Å². The molecule has 7 heteroatoms. The van der Waals surface area contributed by atoms with Gasteiger partial charge in [0.05, 0.1) is 24.1 Å². The third-order valence-electron chi connectivity index (χ3n) is 2.79. The number of nitrogens with one attached hydrogen (secondary N) is 1. The number of aryl methyl sites for hydroxylation is 1. The topological polar surface area (TPSA) is 75.3 Å². The van der Waals surface area contributed by atoms with E-state index in [1.165, 1.54) is 10.5 Å². The van der Waals surface area contributed by atoms with Gasteiger partial charge in [0.1, 0.15) is 4.90 Å². The summed E-state index contributed by atoms with van der Waals surface area (Å²) in [6.45, 7) is 6.64. The minimum absolute atomic E-state index is 0.246. The molecule has 1 saturated heterocycles. The molecule has 0 unspecified atom stereocenters. The van der Waals surface area contributed by atoms with Crippen LogP contribution >= 0.6 is 0 Å². The molecule has 0 spiro atoms. The summed E-state index contributed by atoms with van der Waals surface area (Å²) < 4.78 is 31.7. The van der Waals surface area contributed by atoms with E-state index >= 15 is 0 Å². The third kappa shape index (κ3) is 2.36. The number of rotatable bonds is 2. The van der Waals surface area contributed by atoms with Crippen molar-refractivity contribution in [2.75, 3.05) is 19.7 Å². The van der Waals surface area contributed by atoms with Crippen LogP contribution in [0, 0.1) is 6.92 Å². The van der Waals surface area contributed by atoms with Gasteiger partial charge in [-0.25, -0.2) is 8.42 Å². The second-order valence-corrected chi connectivity index (χ2v) is 6.71. The molecule has 96 valence electrons. The zero-order valence-electron chi connectivity index (χ0n) is 10.2. The van der Waals surface area contributed by atoms with Crippen LogP contribution in [-0.4, -0.2) is 48.2 Å². The molecular weight excluding hydrogens is 242 g/mol. The SMILES string of the molecule is Cc1[nH]ncc1S(=O)(=O)N1CCOC(C)(C)C1. The molecule has 0 bridgehead atoms. The smallest absolute Gasteiger partial charge is 0.246 e. The molecule has 1 aromatic rings. The van der Waals surface area contributed by atoms with E-state index in [9.17, 15) is 8.42 Å². The lowest BCUT2D eigenvalue weighted by Gasteiger charge is -2.37. The molecule has 1 aromatic heterocycles. The molecule has 0 atom stereocenters.